The molecule has 0 unspecified atom stereocenters. The van der Waals surface area contributed by atoms with Crippen LogP contribution in [0.25, 0.3) is 0 Å². The van der Waals surface area contributed by atoms with Gasteiger partial charge in [0.2, 0.25) is 0 Å². The van der Waals surface area contributed by atoms with E-state index in [1.807, 2.05) is 6.07 Å². The van der Waals surface area contributed by atoms with Gasteiger partial charge in [-0.15, -0.1) is 0 Å². The molecule has 1 aromatic carbocycles. The van der Waals surface area contributed by atoms with E-state index in [9.17, 15) is 0 Å². The van der Waals surface area contributed by atoms with E-state index in [-0.39, 0.29) is 0 Å². The molecule has 2 rings (SSSR count). The molecule has 1 aliphatic rings. The lowest BCUT2D eigenvalue weighted by molar-refractivity contribution is 0.151. The first-order valence-electron chi connectivity index (χ1n) is 6.10. The summed E-state index contributed by atoms with van der Waals surface area (Å²) in [5, 5.41) is 2.32. The predicted octanol–water partition coefficient (Wildman–Crippen LogP) is 2.95. The highest BCUT2D eigenvalue weighted by Crippen LogP contribution is 2.25. The number of hydrogen-bond acceptors (Lipinski definition) is 3. The first-order valence-corrected chi connectivity index (χ1v) is 6.90. The highest BCUT2D eigenvalue weighted by Gasteiger charge is 2.09. The van der Waals surface area contributed by atoms with Crippen molar-refractivity contribution < 1.29 is 4.74 Å². The fourth-order valence-corrected chi connectivity index (χ4v) is 2.66. The summed E-state index contributed by atoms with van der Waals surface area (Å²) in [5.41, 5.74) is 4.74. The summed E-state index contributed by atoms with van der Waals surface area (Å²) >= 11 is 3.51. The van der Waals surface area contributed by atoms with Crippen LogP contribution < -0.4 is 10.2 Å². The SMILES string of the molecule is COc1ccc(CNN2CCCCC2)cc1Br. The second kappa shape index (κ2) is 6.38. The first kappa shape index (κ1) is 12.9. The molecule has 1 aliphatic heterocycles. The molecule has 0 amide bonds. The Bertz CT molecular complexity index is 364. The Labute approximate surface area is 111 Å². The van der Waals surface area contributed by atoms with Gasteiger partial charge in [-0.3, -0.25) is 5.43 Å². The lowest BCUT2D eigenvalue weighted by Gasteiger charge is -2.27. The molecule has 0 saturated carbocycles. The summed E-state index contributed by atoms with van der Waals surface area (Å²) in [6, 6.07) is 6.20. The van der Waals surface area contributed by atoms with Gasteiger partial charge in [0.15, 0.2) is 0 Å². The van der Waals surface area contributed by atoms with Crippen LogP contribution in [-0.4, -0.2) is 25.2 Å². The van der Waals surface area contributed by atoms with Gasteiger partial charge in [-0.25, -0.2) is 5.01 Å². The number of rotatable bonds is 4. The van der Waals surface area contributed by atoms with Crippen LogP contribution in [0, 0.1) is 0 Å². The molecule has 4 heteroatoms. The minimum Gasteiger partial charge on any atom is -0.496 e. The summed E-state index contributed by atoms with van der Waals surface area (Å²) in [7, 11) is 1.69. The molecule has 3 nitrogen and oxygen atoms in total. The highest BCUT2D eigenvalue weighted by molar-refractivity contribution is 9.10. The number of halogens is 1. The Morgan fingerprint density at radius 3 is 2.71 bits per heavy atom. The number of benzene rings is 1. The van der Waals surface area contributed by atoms with Crippen LogP contribution in [0.3, 0.4) is 0 Å². The normalized spacial score (nSPS) is 17.1. The van der Waals surface area contributed by atoms with Gasteiger partial charge in [-0.1, -0.05) is 12.5 Å². The van der Waals surface area contributed by atoms with Crippen molar-refractivity contribution in [3.63, 3.8) is 0 Å². The minimum atomic E-state index is 0.878. The van der Waals surface area contributed by atoms with Crippen molar-refractivity contribution in [1.82, 2.24) is 10.4 Å². The predicted molar refractivity (Wildman–Crippen MR) is 73.0 cm³/mol. The zero-order valence-electron chi connectivity index (χ0n) is 10.2. The Hall–Kier alpha value is -0.580. The maximum Gasteiger partial charge on any atom is 0.133 e. The van der Waals surface area contributed by atoms with E-state index >= 15 is 0 Å². The van der Waals surface area contributed by atoms with Crippen LogP contribution in [0.2, 0.25) is 0 Å². The van der Waals surface area contributed by atoms with Gasteiger partial charge in [0, 0.05) is 19.6 Å². The van der Waals surface area contributed by atoms with E-state index in [0.717, 1.165) is 29.9 Å². The number of nitrogens with one attached hydrogen (secondary N) is 1. The largest absolute Gasteiger partial charge is 0.496 e. The van der Waals surface area contributed by atoms with Crippen LogP contribution in [-0.2, 0) is 6.54 Å². The Balaban J connectivity index is 1.87. The standard InChI is InChI=1S/C13H19BrN2O/c1-17-13-6-5-11(9-12(13)14)10-15-16-7-3-2-4-8-16/h5-6,9,15H,2-4,7-8,10H2,1H3. The van der Waals surface area contributed by atoms with Gasteiger partial charge in [0.05, 0.1) is 11.6 Å². The zero-order valence-corrected chi connectivity index (χ0v) is 11.8. The summed E-state index contributed by atoms with van der Waals surface area (Å²) in [4.78, 5) is 0. The van der Waals surface area contributed by atoms with Crippen molar-refractivity contribution >= 4 is 15.9 Å². The molecule has 1 fully saturated rings. The molecule has 0 bridgehead atoms. The van der Waals surface area contributed by atoms with Gasteiger partial charge in [0.1, 0.15) is 5.75 Å². The van der Waals surface area contributed by atoms with E-state index < -0.39 is 0 Å². The van der Waals surface area contributed by atoms with E-state index in [1.165, 1.54) is 24.8 Å². The topological polar surface area (TPSA) is 24.5 Å². The second-order valence-electron chi connectivity index (χ2n) is 4.35. The molecular weight excluding hydrogens is 280 g/mol. The third-order valence-electron chi connectivity index (χ3n) is 3.08. The molecule has 1 heterocycles. The molecule has 0 radical (unpaired) electrons. The summed E-state index contributed by atoms with van der Waals surface area (Å²) in [6.45, 7) is 3.21. The van der Waals surface area contributed by atoms with Gasteiger partial charge in [-0.05, 0) is 46.5 Å². The molecule has 1 aromatic rings. The number of piperidine rings is 1. The number of ether oxygens (including phenoxy) is 1. The Morgan fingerprint density at radius 1 is 1.29 bits per heavy atom. The minimum absolute atomic E-state index is 0.878. The fourth-order valence-electron chi connectivity index (χ4n) is 2.07. The first-order chi connectivity index (χ1) is 8.29. The van der Waals surface area contributed by atoms with Gasteiger partial charge < -0.3 is 4.74 Å². The van der Waals surface area contributed by atoms with Crippen molar-refractivity contribution in [2.24, 2.45) is 0 Å². The van der Waals surface area contributed by atoms with Crippen LogP contribution in [0.4, 0.5) is 0 Å². The molecule has 0 aliphatic carbocycles. The number of methoxy groups -OCH3 is 1. The lowest BCUT2D eigenvalue weighted by Crippen LogP contribution is -2.41. The lowest BCUT2D eigenvalue weighted by atomic mass is 10.2. The van der Waals surface area contributed by atoms with Gasteiger partial charge >= 0.3 is 0 Å². The average molecular weight is 299 g/mol. The van der Waals surface area contributed by atoms with E-state index in [0.29, 0.717) is 0 Å². The molecule has 1 N–H and O–H groups in total. The molecular formula is C13H19BrN2O. The highest BCUT2D eigenvalue weighted by atomic mass is 79.9. The Kier molecular flexibility index (Phi) is 4.83. The Morgan fingerprint density at radius 2 is 2.06 bits per heavy atom. The molecule has 17 heavy (non-hydrogen) atoms. The monoisotopic (exact) mass is 298 g/mol. The van der Waals surface area contributed by atoms with E-state index in [1.54, 1.807) is 7.11 Å². The molecule has 1 saturated heterocycles. The number of hydrogen-bond donors (Lipinski definition) is 1. The smallest absolute Gasteiger partial charge is 0.133 e. The average Bonchev–Trinajstić information content (AvgIpc) is 2.38. The number of hydrazine groups is 1. The quantitative estimate of drug-likeness (QED) is 0.925. The summed E-state index contributed by atoms with van der Waals surface area (Å²) < 4.78 is 6.23. The molecule has 0 aromatic heterocycles. The van der Waals surface area contributed by atoms with Crippen LogP contribution in [0.5, 0.6) is 5.75 Å². The molecule has 0 spiro atoms. The van der Waals surface area contributed by atoms with Gasteiger partial charge in [0.25, 0.3) is 0 Å². The number of nitrogens with zero attached hydrogens (tertiary/aromatic N) is 1. The molecule has 0 atom stereocenters. The fraction of sp³-hybridized carbons (Fsp3) is 0.538. The summed E-state index contributed by atoms with van der Waals surface area (Å²) in [6.07, 6.45) is 3.98. The zero-order chi connectivity index (χ0) is 12.1. The van der Waals surface area contributed by atoms with Crippen LogP contribution >= 0.6 is 15.9 Å². The van der Waals surface area contributed by atoms with Crippen molar-refractivity contribution in [1.29, 1.82) is 0 Å². The maximum atomic E-state index is 5.22. The van der Waals surface area contributed by atoms with E-state index in [2.05, 4.69) is 38.5 Å². The van der Waals surface area contributed by atoms with Crippen molar-refractivity contribution in [2.75, 3.05) is 20.2 Å². The summed E-state index contributed by atoms with van der Waals surface area (Å²) in [5.74, 6) is 0.881. The van der Waals surface area contributed by atoms with Crippen molar-refractivity contribution in [3.05, 3.63) is 28.2 Å². The van der Waals surface area contributed by atoms with Crippen LogP contribution in [0.1, 0.15) is 24.8 Å². The van der Waals surface area contributed by atoms with Crippen molar-refractivity contribution in [3.8, 4) is 5.75 Å². The third kappa shape index (κ3) is 3.69. The van der Waals surface area contributed by atoms with Crippen LogP contribution in [0.15, 0.2) is 22.7 Å². The maximum absolute atomic E-state index is 5.22. The van der Waals surface area contributed by atoms with Crippen molar-refractivity contribution in [2.45, 2.75) is 25.8 Å². The third-order valence-corrected chi connectivity index (χ3v) is 3.70. The van der Waals surface area contributed by atoms with Gasteiger partial charge in [-0.2, -0.15) is 0 Å². The molecule has 94 valence electrons. The second-order valence-corrected chi connectivity index (χ2v) is 5.21. The van der Waals surface area contributed by atoms with E-state index in [4.69, 9.17) is 4.74 Å².